The predicted octanol–water partition coefficient (Wildman–Crippen LogP) is 15.3. The summed E-state index contributed by atoms with van der Waals surface area (Å²) in [6.07, 6.45) is 8.42. The standard InChI is InChI=1S/C59H35N3O3/c1-2-13-35-32-37(27-26-34(35)12-1)57-60-58(62-59(61-57)47-20-11-25-52-56(47)45-17-6-8-22-49(45)64-52)43-31-30-41(39-14-3-4-15-40(39)43)42-19-10-24-51-55(42)46-29-28-36(33-53(46)65-51)38-18-9-23-50-54(38)44-16-5-7-21-48(44)63-50/h1-33,45,49H. The van der Waals surface area contributed by atoms with E-state index in [1.54, 1.807) is 0 Å². The minimum Gasteiger partial charge on any atom is -0.485 e. The van der Waals surface area contributed by atoms with Gasteiger partial charge in [0.2, 0.25) is 0 Å². The Morgan fingerprint density at radius 3 is 1.86 bits per heavy atom. The van der Waals surface area contributed by atoms with Gasteiger partial charge in [0.05, 0.1) is 0 Å². The summed E-state index contributed by atoms with van der Waals surface area (Å²) in [5, 5.41) is 8.76. The molecule has 1 aliphatic heterocycles. The number of aromatic nitrogens is 3. The third kappa shape index (κ3) is 5.57. The van der Waals surface area contributed by atoms with Crippen LogP contribution in [0.3, 0.4) is 0 Å². The van der Waals surface area contributed by atoms with Crippen LogP contribution in [0, 0.1) is 0 Å². The third-order valence-electron chi connectivity index (χ3n) is 13.3. The van der Waals surface area contributed by atoms with Crippen molar-refractivity contribution in [3.8, 4) is 62.2 Å². The van der Waals surface area contributed by atoms with Crippen LogP contribution in [0.1, 0.15) is 11.5 Å². The average molecular weight is 834 g/mol. The molecule has 3 aromatic heterocycles. The monoisotopic (exact) mass is 833 g/mol. The van der Waals surface area contributed by atoms with Crippen LogP contribution in [-0.2, 0) is 0 Å². The van der Waals surface area contributed by atoms with Gasteiger partial charge in [-0.3, -0.25) is 0 Å². The van der Waals surface area contributed by atoms with Gasteiger partial charge in [0.1, 0.15) is 34.2 Å². The minimum absolute atomic E-state index is 0.0643. The number of furan rings is 2. The summed E-state index contributed by atoms with van der Waals surface area (Å²) in [7, 11) is 0. The van der Waals surface area contributed by atoms with Crippen LogP contribution in [0.15, 0.2) is 209 Å². The number of allylic oxidation sites excluding steroid dienone is 2. The normalized spacial score (nSPS) is 15.4. The molecule has 2 aliphatic rings. The number of ether oxygens (including phenoxy) is 1. The van der Waals surface area contributed by atoms with Crippen molar-refractivity contribution >= 4 is 65.4 Å². The highest BCUT2D eigenvalue weighted by Crippen LogP contribution is 2.47. The second-order valence-electron chi connectivity index (χ2n) is 16.9. The van der Waals surface area contributed by atoms with E-state index in [9.17, 15) is 0 Å². The first kappa shape index (κ1) is 35.9. The molecule has 12 aromatic rings. The fraction of sp³-hybridized carbons (Fsp3) is 0.0339. The Kier molecular flexibility index (Phi) is 7.71. The molecule has 304 valence electrons. The van der Waals surface area contributed by atoms with E-state index in [4.69, 9.17) is 28.5 Å². The number of fused-ring (bicyclic) bond motifs is 11. The molecule has 65 heavy (non-hydrogen) atoms. The molecule has 0 radical (unpaired) electrons. The lowest BCUT2D eigenvalue weighted by Crippen LogP contribution is -2.16. The Hall–Kier alpha value is -8.61. The van der Waals surface area contributed by atoms with E-state index >= 15 is 0 Å². The van der Waals surface area contributed by atoms with Gasteiger partial charge in [0.15, 0.2) is 17.5 Å². The summed E-state index contributed by atoms with van der Waals surface area (Å²) in [5.74, 6) is 2.76. The van der Waals surface area contributed by atoms with E-state index in [1.807, 2.05) is 30.3 Å². The van der Waals surface area contributed by atoms with E-state index in [0.29, 0.717) is 17.5 Å². The molecule has 0 amide bonds. The Labute approximate surface area is 372 Å². The largest absolute Gasteiger partial charge is 0.485 e. The van der Waals surface area contributed by atoms with Gasteiger partial charge in [-0.25, -0.2) is 15.0 Å². The molecule has 6 nitrogen and oxygen atoms in total. The van der Waals surface area contributed by atoms with Crippen LogP contribution in [0.5, 0.6) is 5.75 Å². The molecule has 1 aliphatic carbocycles. The van der Waals surface area contributed by atoms with Gasteiger partial charge < -0.3 is 13.6 Å². The maximum atomic E-state index is 6.70. The highest BCUT2D eigenvalue weighted by Gasteiger charge is 2.35. The molecule has 2 atom stereocenters. The second-order valence-corrected chi connectivity index (χ2v) is 16.9. The SMILES string of the molecule is C1=CC2Oc3cccc(-c4nc(-c5ccc6ccccc6c5)nc(-c5ccc(-c6cccc7oc8cc(-c9cccc%10oc%11ccccc%11c9%10)ccc8c67)c6ccccc56)n4)c3C2C=C1. The van der Waals surface area contributed by atoms with Crippen LogP contribution in [0.2, 0.25) is 0 Å². The molecule has 4 heterocycles. The molecule has 0 saturated heterocycles. The average Bonchev–Trinajstić information content (AvgIpc) is 4.07. The van der Waals surface area contributed by atoms with Crippen molar-refractivity contribution in [3.63, 3.8) is 0 Å². The Bertz CT molecular complexity index is 4020. The lowest BCUT2D eigenvalue weighted by molar-refractivity contribution is 0.269. The van der Waals surface area contributed by atoms with E-state index in [-0.39, 0.29) is 12.0 Å². The molecular weight excluding hydrogens is 799 g/mol. The summed E-state index contributed by atoms with van der Waals surface area (Å²) < 4.78 is 19.4. The molecule has 14 rings (SSSR count). The van der Waals surface area contributed by atoms with E-state index in [0.717, 1.165) is 116 Å². The predicted molar refractivity (Wildman–Crippen MR) is 262 cm³/mol. The Morgan fingerprint density at radius 2 is 0.985 bits per heavy atom. The van der Waals surface area contributed by atoms with Gasteiger partial charge in [-0.2, -0.15) is 0 Å². The first-order chi connectivity index (χ1) is 32.2. The quantitative estimate of drug-likeness (QED) is 0.172. The summed E-state index contributed by atoms with van der Waals surface area (Å²) in [4.78, 5) is 15.9. The first-order valence-corrected chi connectivity index (χ1v) is 22.0. The lowest BCUT2D eigenvalue weighted by Gasteiger charge is -2.16. The summed E-state index contributed by atoms with van der Waals surface area (Å²) in [6, 6.07) is 61.3. The van der Waals surface area contributed by atoms with Crippen LogP contribution in [-0.4, -0.2) is 21.1 Å². The Balaban J connectivity index is 0.935. The van der Waals surface area contributed by atoms with Crippen LogP contribution in [0.25, 0.3) is 122 Å². The first-order valence-electron chi connectivity index (χ1n) is 22.0. The number of hydrogen-bond donors (Lipinski definition) is 0. The van der Waals surface area contributed by atoms with E-state index in [1.165, 1.54) is 0 Å². The zero-order valence-corrected chi connectivity index (χ0v) is 34.8. The number of nitrogens with zero attached hydrogens (tertiary/aromatic N) is 3. The minimum atomic E-state index is -0.0643. The van der Waals surface area contributed by atoms with Crippen LogP contribution in [0.4, 0.5) is 0 Å². The van der Waals surface area contributed by atoms with Gasteiger partial charge in [0, 0.05) is 49.7 Å². The highest BCUT2D eigenvalue weighted by atomic mass is 16.5. The van der Waals surface area contributed by atoms with Crippen LogP contribution < -0.4 is 4.74 Å². The van der Waals surface area contributed by atoms with Crippen molar-refractivity contribution in [1.82, 2.24) is 15.0 Å². The fourth-order valence-electron chi connectivity index (χ4n) is 10.3. The van der Waals surface area contributed by atoms with Gasteiger partial charge >= 0.3 is 0 Å². The molecule has 0 bridgehead atoms. The maximum Gasteiger partial charge on any atom is 0.164 e. The topological polar surface area (TPSA) is 74.2 Å². The smallest absolute Gasteiger partial charge is 0.164 e. The van der Waals surface area contributed by atoms with Gasteiger partial charge in [0.25, 0.3) is 0 Å². The molecule has 2 unspecified atom stereocenters. The molecular formula is C59H35N3O3. The zero-order chi connectivity index (χ0) is 42.6. The second kappa shape index (κ2) is 13.9. The van der Waals surface area contributed by atoms with E-state index in [2.05, 4.69) is 170 Å². The van der Waals surface area contributed by atoms with Gasteiger partial charge in [-0.15, -0.1) is 0 Å². The lowest BCUT2D eigenvalue weighted by atomic mass is 9.88. The van der Waals surface area contributed by atoms with Crippen molar-refractivity contribution in [2.75, 3.05) is 0 Å². The number of rotatable bonds is 5. The number of para-hydroxylation sites is 1. The van der Waals surface area contributed by atoms with Crippen molar-refractivity contribution in [2.24, 2.45) is 0 Å². The zero-order valence-electron chi connectivity index (χ0n) is 34.8. The van der Waals surface area contributed by atoms with Gasteiger partial charge in [-0.1, -0.05) is 146 Å². The van der Waals surface area contributed by atoms with Crippen molar-refractivity contribution in [2.45, 2.75) is 12.0 Å². The van der Waals surface area contributed by atoms with Crippen LogP contribution >= 0.6 is 0 Å². The van der Waals surface area contributed by atoms with Gasteiger partial charge in [-0.05, 0) is 98.4 Å². The molecule has 0 saturated carbocycles. The summed E-state index contributed by atoms with van der Waals surface area (Å²) >= 11 is 0. The molecule has 6 heteroatoms. The Morgan fingerprint density at radius 1 is 0.369 bits per heavy atom. The molecule has 9 aromatic carbocycles. The maximum absolute atomic E-state index is 6.70. The summed E-state index contributed by atoms with van der Waals surface area (Å²) in [5.41, 5.74) is 11.7. The molecule has 0 fully saturated rings. The summed E-state index contributed by atoms with van der Waals surface area (Å²) in [6.45, 7) is 0. The number of hydrogen-bond acceptors (Lipinski definition) is 6. The van der Waals surface area contributed by atoms with Crippen molar-refractivity contribution in [1.29, 1.82) is 0 Å². The third-order valence-corrected chi connectivity index (χ3v) is 13.3. The van der Waals surface area contributed by atoms with E-state index < -0.39 is 0 Å². The highest BCUT2D eigenvalue weighted by molar-refractivity contribution is 6.18. The molecule has 0 spiro atoms. The van der Waals surface area contributed by atoms with Crippen molar-refractivity contribution < 1.29 is 13.6 Å². The molecule has 0 N–H and O–H groups in total. The number of benzene rings is 9. The fourth-order valence-corrected chi connectivity index (χ4v) is 10.3. The van der Waals surface area contributed by atoms with Crippen molar-refractivity contribution in [3.05, 3.63) is 206 Å².